The first kappa shape index (κ1) is 12.4. The van der Waals surface area contributed by atoms with Gasteiger partial charge in [0.05, 0.1) is 5.56 Å². The molecule has 1 aromatic rings. The largest absolute Gasteiger partial charge is 0.478 e. The fraction of sp³-hybridized carbons (Fsp3) is 0.125. The number of rotatable bonds is 2. The van der Waals surface area contributed by atoms with Gasteiger partial charge in [0.2, 0.25) is 0 Å². The van der Waals surface area contributed by atoms with E-state index in [1.165, 1.54) is 13.0 Å². The smallest absolute Gasteiger partial charge is 0.335 e. The molecular formula is C8H6FIO4S. The van der Waals surface area contributed by atoms with E-state index in [9.17, 15) is 17.1 Å². The first-order valence-electron chi connectivity index (χ1n) is 3.71. The molecule has 0 unspecified atom stereocenters. The number of hydrogen-bond donors (Lipinski definition) is 1. The third kappa shape index (κ3) is 2.65. The third-order valence-corrected chi connectivity index (χ3v) is 3.88. The van der Waals surface area contributed by atoms with Crippen molar-refractivity contribution in [3.8, 4) is 0 Å². The van der Waals surface area contributed by atoms with Gasteiger partial charge < -0.3 is 5.11 Å². The molecule has 0 radical (unpaired) electrons. The minimum atomic E-state index is -4.88. The Bertz CT molecular complexity index is 524. The van der Waals surface area contributed by atoms with Crippen LogP contribution in [0.15, 0.2) is 17.0 Å². The van der Waals surface area contributed by atoms with Crippen LogP contribution in [-0.2, 0) is 10.2 Å². The van der Waals surface area contributed by atoms with E-state index >= 15 is 0 Å². The number of carbonyl (C=O) groups is 1. The maximum Gasteiger partial charge on any atom is 0.335 e. The molecule has 7 heteroatoms. The number of halogens is 2. The van der Waals surface area contributed by atoms with Gasteiger partial charge in [-0.1, -0.05) is 0 Å². The summed E-state index contributed by atoms with van der Waals surface area (Å²) >= 11 is 1.75. The van der Waals surface area contributed by atoms with E-state index in [0.29, 0.717) is 3.57 Å². The van der Waals surface area contributed by atoms with Crippen LogP contribution < -0.4 is 0 Å². The van der Waals surface area contributed by atoms with E-state index < -0.39 is 21.1 Å². The normalized spacial score (nSPS) is 11.4. The zero-order valence-corrected chi connectivity index (χ0v) is 10.5. The van der Waals surface area contributed by atoms with E-state index in [-0.39, 0.29) is 11.1 Å². The van der Waals surface area contributed by atoms with Crippen LogP contribution >= 0.6 is 22.6 Å². The zero-order chi connectivity index (χ0) is 11.8. The topological polar surface area (TPSA) is 71.4 Å². The third-order valence-electron chi connectivity index (χ3n) is 1.81. The monoisotopic (exact) mass is 344 g/mol. The van der Waals surface area contributed by atoms with Gasteiger partial charge in [-0.2, -0.15) is 8.42 Å². The molecule has 0 atom stereocenters. The van der Waals surface area contributed by atoms with Crippen molar-refractivity contribution in [3.05, 3.63) is 26.8 Å². The molecule has 0 amide bonds. The van der Waals surface area contributed by atoms with Gasteiger partial charge in [-0.25, -0.2) is 4.79 Å². The number of carboxylic acids is 1. The maximum absolute atomic E-state index is 12.8. The van der Waals surface area contributed by atoms with Crippen LogP contribution in [0.25, 0.3) is 0 Å². The van der Waals surface area contributed by atoms with Crippen molar-refractivity contribution >= 4 is 38.8 Å². The summed E-state index contributed by atoms with van der Waals surface area (Å²) in [5, 5.41) is 8.67. The number of carboxylic acid groups (broad SMARTS) is 1. The molecule has 0 bridgehead atoms. The van der Waals surface area contributed by atoms with Gasteiger partial charge in [0.1, 0.15) is 4.90 Å². The molecular weight excluding hydrogens is 338 g/mol. The van der Waals surface area contributed by atoms with Crippen LogP contribution in [-0.4, -0.2) is 19.5 Å². The van der Waals surface area contributed by atoms with Gasteiger partial charge in [-0.15, -0.1) is 3.89 Å². The van der Waals surface area contributed by atoms with Crippen molar-refractivity contribution in [2.45, 2.75) is 11.8 Å². The molecule has 4 nitrogen and oxygen atoms in total. The van der Waals surface area contributed by atoms with E-state index in [2.05, 4.69) is 0 Å². The van der Waals surface area contributed by atoms with Gasteiger partial charge in [-0.3, -0.25) is 0 Å². The number of hydrogen-bond acceptors (Lipinski definition) is 3. The standard InChI is InChI=1S/C8H6FIO4S/c1-4-6(10)2-5(8(11)12)3-7(4)15(9,13)14/h2-3H,1H3,(H,11,12). The summed E-state index contributed by atoms with van der Waals surface area (Å²) in [6.45, 7) is 1.42. The minimum Gasteiger partial charge on any atom is -0.478 e. The second-order valence-corrected chi connectivity index (χ2v) is 5.30. The lowest BCUT2D eigenvalue weighted by Gasteiger charge is -2.05. The predicted molar refractivity (Wildman–Crippen MR) is 59.1 cm³/mol. The Morgan fingerprint density at radius 1 is 1.47 bits per heavy atom. The summed E-state index contributed by atoms with van der Waals surface area (Å²) in [4.78, 5) is 10.0. The SMILES string of the molecule is Cc1c(I)cc(C(=O)O)cc1S(=O)(=O)F. The van der Waals surface area contributed by atoms with Gasteiger partial charge in [0.15, 0.2) is 0 Å². The van der Waals surface area contributed by atoms with Crippen LogP contribution in [0.2, 0.25) is 0 Å². The second-order valence-electron chi connectivity index (χ2n) is 2.82. The van der Waals surface area contributed by atoms with Crippen molar-refractivity contribution < 1.29 is 22.2 Å². The predicted octanol–water partition coefficient (Wildman–Crippen LogP) is 1.96. The van der Waals surface area contributed by atoms with Crippen molar-refractivity contribution in [1.29, 1.82) is 0 Å². The Morgan fingerprint density at radius 2 is 2.00 bits per heavy atom. The quantitative estimate of drug-likeness (QED) is 0.658. The molecule has 0 aliphatic heterocycles. The first-order valence-corrected chi connectivity index (χ1v) is 6.18. The molecule has 1 N–H and O–H groups in total. The van der Waals surface area contributed by atoms with E-state index in [1.54, 1.807) is 22.6 Å². The Balaban J connectivity index is 3.59. The Morgan fingerprint density at radius 3 is 2.40 bits per heavy atom. The summed E-state index contributed by atoms with van der Waals surface area (Å²) in [6, 6.07) is 2.10. The lowest BCUT2D eigenvalue weighted by atomic mass is 10.1. The van der Waals surface area contributed by atoms with Gasteiger partial charge in [-0.05, 0) is 47.2 Å². The number of benzene rings is 1. The molecule has 0 aliphatic carbocycles. The summed E-state index contributed by atoms with van der Waals surface area (Å²) in [7, 11) is -4.88. The molecule has 0 aliphatic rings. The zero-order valence-electron chi connectivity index (χ0n) is 7.49. The van der Waals surface area contributed by atoms with Crippen molar-refractivity contribution in [3.63, 3.8) is 0 Å². The van der Waals surface area contributed by atoms with E-state index in [4.69, 9.17) is 5.11 Å². The highest BCUT2D eigenvalue weighted by atomic mass is 127. The molecule has 0 saturated carbocycles. The summed E-state index contributed by atoms with van der Waals surface area (Å²) in [6.07, 6.45) is 0. The Labute approximate surface area is 99.5 Å². The van der Waals surface area contributed by atoms with Crippen LogP contribution in [0.4, 0.5) is 3.89 Å². The highest BCUT2D eigenvalue weighted by Gasteiger charge is 2.20. The Hall–Kier alpha value is -0.700. The molecule has 0 aromatic heterocycles. The number of aromatic carboxylic acids is 1. The van der Waals surface area contributed by atoms with Crippen LogP contribution in [0.1, 0.15) is 15.9 Å². The first-order chi connectivity index (χ1) is 6.73. The lowest BCUT2D eigenvalue weighted by Crippen LogP contribution is -2.04. The summed E-state index contributed by atoms with van der Waals surface area (Å²) in [5.41, 5.74) is -0.0377. The molecule has 0 heterocycles. The van der Waals surface area contributed by atoms with E-state index in [0.717, 1.165) is 6.07 Å². The highest BCUT2D eigenvalue weighted by molar-refractivity contribution is 14.1. The fourth-order valence-corrected chi connectivity index (χ4v) is 2.58. The van der Waals surface area contributed by atoms with Crippen LogP contribution in [0.5, 0.6) is 0 Å². The van der Waals surface area contributed by atoms with Gasteiger partial charge in [0.25, 0.3) is 0 Å². The van der Waals surface area contributed by atoms with Crippen LogP contribution in [0, 0.1) is 10.5 Å². The maximum atomic E-state index is 12.8. The molecule has 15 heavy (non-hydrogen) atoms. The average molecular weight is 344 g/mol. The molecule has 0 saturated heterocycles. The van der Waals surface area contributed by atoms with Crippen molar-refractivity contribution in [1.82, 2.24) is 0 Å². The molecule has 0 spiro atoms. The molecule has 0 fully saturated rings. The van der Waals surface area contributed by atoms with Gasteiger partial charge in [0, 0.05) is 3.57 Å². The van der Waals surface area contributed by atoms with Crippen LogP contribution in [0.3, 0.4) is 0 Å². The molecule has 1 rings (SSSR count). The molecule has 82 valence electrons. The minimum absolute atomic E-state index is 0.211. The Kier molecular flexibility index (Phi) is 3.34. The van der Waals surface area contributed by atoms with E-state index in [1.807, 2.05) is 0 Å². The lowest BCUT2D eigenvalue weighted by molar-refractivity contribution is 0.0696. The fourth-order valence-electron chi connectivity index (χ4n) is 1.03. The van der Waals surface area contributed by atoms with Gasteiger partial charge >= 0.3 is 16.2 Å². The average Bonchev–Trinajstić information content (AvgIpc) is 2.06. The summed E-state index contributed by atoms with van der Waals surface area (Å²) in [5.74, 6) is -1.29. The van der Waals surface area contributed by atoms with Crippen molar-refractivity contribution in [2.75, 3.05) is 0 Å². The highest BCUT2D eigenvalue weighted by Crippen LogP contribution is 2.24. The second kappa shape index (κ2) is 4.05. The molecule has 1 aromatic carbocycles. The summed E-state index contributed by atoms with van der Waals surface area (Å²) < 4.78 is 34.6. The van der Waals surface area contributed by atoms with Crippen molar-refractivity contribution in [2.24, 2.45) is 0 Å².